The Hall–Kier alpha value is -1.43. The van der Waals surface area contributed by atoms with Gasteiger partial charge in [-0.25, -0.2) is 0 Å². The van der Waals surface area contributed by atoms with Crippen molar-refractivity contribution in [1.82, 2.24) is 20.4 Å². The van der Waals surface area contributed by atoms with Gasteiger partial charge in [-0.2, -0.15) is 16.9 Å². The summed E-state index contributed by atoms with van der Waals surface area (Å²) in [4.78, 5) is 4.64. The summed E-state index contributed by atoms with van der Waals surface area (Å²) >= 11 is 1.85. The van der Waals surface area contributed by atoms with Crippen LogP contribution in [0.4, 0.5) is 0 Å². The normalized spacial score (nSPS) is 13.0. The molecule has 5 nitrogen and oxygen atoms in total. The van der Waals surface area contributed by atoms with Gasteiger partial charge in [-0.3, -0.25) is 9.67 Å². The molecule has 0 aromatic carbocycles. The van der Waals surface area contributed by atoms with E-state index in [1.807, 2.05) is 29.6 Å². The van der Waals surface area contributed by atoms with Gasteiger partial charge in [0.2, 0.25) is 0 Å². The Balaban J connectivity index is 2.57. The van der Waals surface area contributed by atoms with Crippen LogP contribution in [0.15, 0.2) is 17.6 Å². The third-order valence-corrected chi connectivity index (χ3v) is 4.58. The first kappa shape index (κ1) is 19.6. The Bertz CT molecular complexity index is 521. The maximum absolute atomic E-state index is 4.64. The van der Waals surface area contributed by atoms with E-state index in [2.05, 4.69) is 55.0 Å². The number of aryl methyl sites for hydroxylation is 2. The van der Waals surface area contributed by atoms with E-state index >= 15 is 0 Å². The van der Waals surface area contributed by atoms with Gasteiger partial charge in [0.15, 0.2) is 5.96 Å². The fourth-order valence-electron chi connectivity index (χ4n) is 2.41. The number of rotatable bonds is 9. The van der Waals surface area contributed by atoms with E-state index in [1.165, 1.54) is 11.3 Å². The summed E-state index contributed by atoms with van der Waals surface area (Å²) in [5, 5.41) is 11.3. The molecule has 1 heterocycles. The molecule has 0 aliphatic carbocycles. The molecule has 23 heavy (non-hydrogen) atoms. The summed E-state index contributed by atoms with van der Waals surface area (Å²) in [5.74, 6) is 2.88. The molecule has 2 N–H and O–H groups in total. The third kappa shape index (κ3) is 6.69. The third-order valence-electron chi connectivity index (χ3n) is 3.64. The summed E-state index contributed by atoms with van der Waals surface area (Å²) in [6.45, 7) is 13.9. The van der Waals surface area contributed by atoms with Crippen LogP contribution >= 0.6 is 11.8 Å². The predicted molar refractivity (Wildman–Crippen MR) is 102 cm³/mol. The van der Waals surface area contributed by atoms with Crippen molar-refractivity contribution >= 4 is 17.7 Å². The zero-order valence-electron chi connectivity index (χ0n) is 15.1. The van der Waals surface area contributed by atoms with Crippen LogP contribution in [0.25, 0.3) is 0 Å². The second-order valence-electron chi connectivity index (χ2n) is 5.65. The average Bonchev–Trinajstić information content (AvgIpc) is 2.73. The van der Waals surface area contributed by atoms with E-state index in [4.69, 9.17) is 0 Å². The molecule has 130 valence electrons. The summed E-state index contributed by atoms with van der Waals surface area (Å²) in [5.41, 5.74) is 3.67. The van der Waals surface area contributed by atoms with Gasteiger partial charge in [0.25, 0.3) is 0 Å². The molecule has 0 fully saturated rings. The second kappa shape index (κ2) is 10.4. The highest BCUT2D eigenvalue weighted by atomic mass is 32.2. The lowest BCUT2D eigenvalue weighted by molar-refractivity contribution is 0.636. The van der Waals surface area contributed by atoms with Gasteiger partial charge in [0, 0.05) is 36.8 Å². The number of aliphatic imine (C=N–C) groups is 1. The number of hydrogen-bond acceptors (Lipinski definition) is 3. The molecular weight excluding hydrogens is 306 g/mol. The van der Waals surface area contributed by atoms with Crippen LogP contribution in [0, 0.1) is 13.8 Å². The first-order chi connectivity index (χ1) is 11.0. The molecule has 1 aromatic heterocycles. The van der Waals surface area contributed by atoms with Crippen molar-refractivity contribution in [1.29, 1.82) is 0 Å². The highest BCUT2D eigenvalue weighted by Crippen LogP contribution is 2.14. The zero-order chi connectivity index (χ0) is 17.2. The van der Waals surface area contributed by atoms with E-state index in [9.17, 15) is 0 Å². The number of thioether (sulfide) groups is 1. The first-order valence-electron chi connectivity index (χ1n) is 8.22. The molecule has 1 rings (SSSR count). The lowest BCUT2D eigenvalue weighted by atomic mass is 10.1. The standard InChI is InChI=1S/C17H31N5S/c1-7-10-23-11-9-19-17(18-8-2)20-13(3)12-16-14(4)21-22(6)15(16)5/h7,13H,1,8-12H2,2-6H3,(H2,18,19,20). The molecule has 0 saturated carbocycles. The molecule has 1 atom stereocenters. The SMILES string of the molecule is C=CCSCCN=C(NCC)NC(C)Cc1c(C)nn(C)c1C. The molecule has 0 bridgehead atoms. The van der Waals surface area contributed by atoms with Crippen LogP contribution in [0.1, 0.15) is 30.8 Å². The summed E-state index contributed by atoms with van der Waals surface area (Å²) in [7, 11) is 2.00. The Labute approximate surface area is 145 Å². The summed E-state index contributed by atoms with van der Waals surface area (Å²) in [6, 6.07) is 0.301. The summed E-state index contributed by atoms with van der Waals surface area (Å²) < 4.78 is 1.95. The maximum Gasteiger partial charge on any atom is 0.191 e. The van der Waals surface area contributed by atoms with Gasteiger partial charge in [-0.05, 0) is 39.7 Å². The van der Waals surface area contributed by atoms with Crippen molar-refractivity contribution < 1.29 is 0 Å². The van der Waals surface area contributed by atoms with Crippen molar-refractivity contribution in [3.05, 3.63) is 29.6 Å². The van der Waals surface area contributed by atoms with E-state index in [0.29, 0.717) is 6.04 Å². The van der Waals surface area contributed by atoms with Crippen LogP contribution < -0.4 is 10.6 Å². The van der Waals surface area contributed by atoms with Gasteiger partial charge in [-0.1, -0.05) is 6.08 Å². The molecule has 6 heteroatoms. The molecule has 0 radical (unpaired) electrons. The largest absolute Gasteiger partial charge is 0.357 e. The van der Waals surface area contributed by atoms with Crippen molar-refractivity contribution in [2.75, 3.05) is 24.6 Å². The highest BCUT2D eigenvalue weighted by Gasteiger charge is 2.13. The van der Waals surface area contributed by atoms with Crippen molar-refractivity contribution in [2.24, 2.45) is 12.0 Å². The quantitative estimate of drug-likeness (QED) is 0.314. The van der Waals surface area contributed by atoms with Crippen molar-refractivity contribution in [3.8, 4) is 0 Å². The lowest BCUT2D eigenvalue weighted by Gasteiger charge is -2.18. The Morgan fingerprint density at radius 1 is 1.48 bits per heavy atom. The topological polar surface area (TPSA) is 54.2 Å². The molecule has 1 aromatic rings. The van der Waals surface area contributed by atoms with Gasteiger partial charge in [0.1, 0.15) is 0 Å². The minimum Gasteiger partial charge on any atom is -0.357 e. The number of hydrogen-bond donors (Lipinski definition) is 2. The van der Waals surface area contributed by atoms with Gasteiger partial charge >= 0.3 is 0 Å². The lowest BCUT2D eigenvalue weighted by Crippen LogP contribution is -2.43. The van der Waals surface area contributed by atoms with Gasteiger partial charge in [-0.15, -0.1) is 6.58 Å². The van der Waals surface area contributed by atoms with Crippen LogP contribution in [-0.4, -0.2) is 46.4 Å². The minimum absolute atomic E-state index is 0.301. The van der Waals surface area contributed by atoms with Crippen molar-refractivity contribution in [2.45, 2.75) is 40.2 Å². The van der Waals surface area contributed by atoms with Gasteiger partial charge < -0.3 is 10.6 Å². The fraction of sp³-hybridized carbons (Fsp3) is 0.647. The van der Waals surface area contributed by atoms with Crippen LogP contribution in [0.3, 0.4) is 0 Å². The predicted octanol–water partition coefficient (Wildman–Crippen LogP) is 2.44. The molecule has 0 amide bonds. The van der Waals surface area contributed by atoms with E-state index in [1.54, 1.807) is 0 Å². The number of aromatic nitrogens is 2. The average molecular weight is 338 g/mol. The first-order valence-corrected chi connectivity index (χ1v) is 9.37. The Kier molecular flexibility index (Phi) is 8.84. The van der Waals surface area contributed by atoms with E-state index in [0.717, 1.165) is 42.7 Å². The molecule has 0 spiro atoms. The molecular formula is C17H31N5S. The molecule has 0 saturated heterocycles. The maximum atomic E-state index is 4.64. The van der Waals surface area contributed by atoms with E-state index in [-0.39, 0.29) is 0 Å². The number of nitrogens with zero attached hydrogens (tertiary/aromatic N) is 3. The van der Waals surface area contributed by atoms with Crippen LogP contribution in [0.2, 0.25) is 0 Å². The Morgan fingerprint density at radius 3 is 2.78 bits per heavy atom. The van der Waals surface area contributed by atoms with Crippen molar-refractivity contribution in [3.63, 3.8) is 0 Å². The monoisotopic (exact) mass is 337 g/mol. The van der Waals surface area contributed by atoms with E-state index < -0.39 is 0 Å². The fourth-order valence-corrected chi connectivity index (χ4v) is 2.97. The summed E-state index contributed by atoms with van der Waals surface area (Å²) in [6.07, 6.45) is 2.87. The molecule has 1 unspecified atom stereocenters. The van der Waals surface area contributed by atoms with Crippen LogP contribution in [0.5, 0.6) is 0 Å². The molecule has 0 aliphatic rings. The number of guanidine groups is 1. The van der Waals surface area contributed by atoms with Crippen LogP contribution in [-0.2, 0) is 13.5 Å². The highest BCUT2D eigenvalue weighted by molar-refractivity contribution is 7.99. The minimum atomic E-state index is 0.301. The van der Waals surface area contributed by atoms with Gasteiger partial charge in [0.05, 0.1) is 12.2 Å². The molecule has 0 aliphatic heterocycles. The smallest absolute Gasteiger partial charge is 0.191 e. The zero-order valence-corrected chi connectivity index (χ0v) is 16.0. The second-order valence-corrected chi connectivity index (χ2v) is 6.80. The Morgan fingerprint density at radius 2 is 2.22 bits per heavy atom. The number of nitrogens with one attached hydrogen (secondary N) is 2.